The summed E-state index contributed by atoms with van der Waals surface area (Å²) >= 11 is 1.98. The third-order valence-corrected chi connectivity index (χ3v) is 5.23. The first-order valence-electron chi connectivity index (χ1n) is 7.50. The van der Waals surface area contributed by atoms with Crippen LogP contribution < -0.4 is 5.32 Å². The monoisotopic (exact) mass is 277 g/mol. The normalized spacial score (nSPS) is 23.5. The van der Waals surface area contributed by atoms with E-state index >= 15 is 0 Å². The average molecular weight is 277 g/mol. The summed E-state index contributed by atoms with van der Waals surface area (Å²) in [7, 11) is 0. The van der Waals surface area contributed by atoms with Gasteiger partial charge in [0.25, 0.3) is 0 Å². The van der Waals surface area contributed by atoms with E-state index in [1.807, 2.05) is 11.8 Å². The molecule has 1 aromatic rings. The van der Waals surface area contributed by atoms with Gasteiger partial charge in [0, 0.05) is 17.5 Å². The van der Waals surface area contributed by atoms with Gasteiger partial charge in [0.1, 0.15) is 0 Å². The molecular weight excluding hydrogens is 254 g/mol. The van der Waals surface area contributed by atoms with Crippen molar-refractivity contribution in [2.75, 3.05) is 18.9 Å². The van der Waals surface area contributed by atoms with E-state index in [9.17, 15) is 0 Å². The highest BCUT2D eigenvalue weighted by Crippen LogP contribution is 2.35. The molecule has 104 valence electrons. The first-order valence-corrected chi connectivity index (χ1v) is 8.49. The van der Waals surface area contributed by atoms with Crippen molar-refractivity contribution in [3.8, 4) is 0 Å². The van der Waals surface area contributed by atoms with Crippen molar-refractivity contribution in [3.05, 3.63) is 29.8 Å². The zero-order valence-electron chi connectivity index (χ0n) is 11.4. The summed E-state index contributed by atoms with van der Waals surface area (Å²) < 4.78 is 5.91. The zero-order chi connectivity index (χ0) is 12.9. The molecule has 3 heteroatoms. The number of thioether (sulfide) groups is 1. The van der Waals surface area contributed by atoms with E-state index in [0.717, 1.165) is 13.2 Å². The molecule has 0 saturated heterocycles. The molecule has 1 aromatic carbocycles. The minimum atomic E-state index is 0.518. The van der Waals surface area contributed by atoms with Crippen molar-refractivity contribution < 1.29 is 4.74 Å². The van der Waals surface area contributed by atoms with Gasteiger partial charge in [-0.2, -0.15) is 0 Å². The quantitative estimate of drug-likeness (QED) is 0.828. The Morgan fingerprint density at radius 1 is 1.16 bits per heavy atom. The van der Waals surface area contributed by atoms with E-state index in [1.165, 1.54) is 48.3 Å². The van der Waals surface area contributed by atoms with Crippen LogP contribution in [0.5, 0.6) is 0 Å². The van der Waals surface area contributed by atoms with E-state index in [1.54, 1.807) is 0 Å². The van der Waals surface area contributed by atoms with Crippen molar-refractivity contribution >= 4 is 11.8 Å². The second kappa shape index (κ2) is 6.78. The molecule has 1 aliphatic carbocycles. The number of fused-ring (bicyclic) bond motifs is 1. The van der Waals surface area contributed by atoms with Gasteiger partial charge in [-0.25, -0.2) is 0 Å². The lowest BCUT2D eigenvalue weighted by atomic mass is 10.0. The fourth-order valence-electron chi connectivity index (χ4n) is 3.07. The zero-order valence-corrected chi connectivity index (χ0v) is 12.3. The first kappa shape index (κ1) is 13.5. The van der Waals surface area contributed by atoms with Gasteiger partial charge in [0.05, 0.1) is 12.7 Å². The lowest BCUT2D eigenvalue weighted by Crippen LogP contribution is -2.28. The molecule has 0 amide bonds. The summed E-state index contributed by atoms with van der Waals surface area (Å²) in [5.41, 5.74) is 1.47. The van der Waals surface area contributed by atoms with Gasteiger partial charge >= 0.3 is 0 Å². The van der Waals surface area contributed by atoms with Crippen LogP contribution in [-0.2, 0) is 4.74 Å². The van der Waals surface area contributed by atoms with Gasteiger partial charge in [0.15, 0.2) is 0 Å². The Kier molecular flexibility index (Phi) is 4.81. The third-order valence-electron chi connectivity index (χ3n) is 4.11. The van der Waals surface area contributed by atoms with Crippen molar-refractivity contribution in [1.29, 1.82) is 0 Å². The van der Waals surface area contributed by atoms with Gasteiger partial charge in [-0.3, -0.25) is 0 Å². The van der Waals surface area contributed by atoms with Crippen LogP contribution in [-0.4, -0.2) is 25.0 Å². The number of rotatable bonds is 5. The maximum Gasteiger partial charge on any atom is 0.0594 e. The van der Waals surface area contributed by atoms with Crippen LogP contribution in [0.1, 0.15) is 43.7 Å². The lowest BCUT2D eigenvalue weighted by molar-refractivity contribution is 0.0590. The van der Waals surface area contributed by atoms with Gasteiger partial charge in [-0.1, -0.05) is 31.0 Å². The molecule has 2 nitrogen and oxygen atoms in total. The number of nitrogens with one attached hydrogen (secondary N) is 1. The fourth-order valence-corrected chi connectivity index (χ4v) is 4.19. The molecule has 1 atom stereocenters. The Hall–Kier alpha value is -0.510. The van der Waals surface area contributed by atoms with Gasteiger partial charge < -0.3 is 10.1 Å². The predicted octanol–water partition coefficient (Wildman–Crippen LogP) is 3.77. The molecular formula is C16H23NOS. The minimum Gasteiger partial charge on any atom is -0.377 e. The smallest absolute Gasteiger partial charge is 0.0594 e. The Morgan fingerprint density at radius 2 is 2.00 bits per heavy atom. The SMILES string of the molecule is c1ccc2c(c1)SCCC2NCCOC1CCCC1. The maximum absolute atomic E-state index is 5.91. The fraction of sp³-hybridized carbons (Fsp3) is 0.625. The molecule has 1 unspecified atom stereocenters. The van der Waals surface area contributed by atoms with E-state index in [0.29, 0.717) is 12.1 Å². The lowest BCUT2D eigenvalue weighted by Gasteiger charge is -2.26. The van der Waals surface area contributed by atoms with Gasteiger partial charge in [-0.05, 0) is 36.6 Å². The summed E-state index contributed by atoms with van der Waals surface area (Å²) in [6, 6.07) is 9.30. The third kappa shape index (κ3) is 3.53. The standard InChI is InChI=1S/C16H23NOS/c1-2-6-13(5-1)18-11-10-17-15-9-12-19-16-8-4-3-7-14(15)16/h3-4,7-8,13,15,17H,1-2,5-6,9-12H2. The van der Waals surface area contributed by atoms with Crippen LogP contribution in [0.25, 0.3) is 0 Å². The molecule has 3 rings (SSSR count). The molecule has 19 heavy (non-hydrogen) atoms. The van der Waals surface area contributed by atoms with Crippen LogP contribution in [0.15, 0.2) is 29.2 Å². The molecule has 1 fully saturated rings. The van der Waals surface area contributed by atoms with Crippen molar-refractivity contribution in [2.45, 2.75) is 49.1 Å². The van der Waals surface area contributed by atoms with Gasteiger partial charge in [0.2, 0.25) is 0 Å². The van der Waals surface area contributed by atoms with Crippen LogP contribution in [0, 0.1) is 0 Å². The topological polar surface area (TPSA) is 21.3 Å². The Bertz CT molecular complexity index is 403. The number of hydrogen-bond acceptors (Lipinski definition) is 3. The van der Waals surface area contributed by atoms with Crippen LogP contribution in [0.2, 0.25) is 0 Å². The number of benzene rings is 1. The molecule has 1 aliphatic heterocycles. The predicted molar refractivity (Wildman–Crippen MR) is 80.7 cm³/mol. The van der Waals surface area contributed by atoms with E-state index in [2.05, 4.69) is 29.6 Å². The van der Waals surface area contributed by atoms with Crippen LogP contribution in [0.4, 0.5) is 0 Å². The highest BCUT2D eigenvalue weighted by molar-refractivity contribution is 7.99. The minimum absolute atomic E-state index is 0.518. The van der Waals surface area contributed by atoms with E-state index in [-0.39, 0.29) is 0 Å². The number of hydrogen-bond donors (Lipinski definition) is 1. The summed E-state index contributed by atoms with van der Waals surface area (Å²) in [6.45, 7) is 1.83. The molecule has 1 N–H and O–H groups in total. The largest absolute Gasteiger partial charge is 0.377 e. The van der Waals surface area contributed by atoms with Crippen LogP contribution in [0.3, 0.4) is 0 Å². The second-order valence-corrected chi connectivity index (χ2v) is 6.60. The maximum atomic E-state index is 5.91. The molecule has 1 heterocycles. The van der Waals surface area contributed by atoms with Crippen LogP contribution >= 0.6 is 11.8 Å². The summed E-state index contributed by atoms with van der Waals surface area (Å²) in [4.78, 5) is 1.45. The Labute approximate surface area is 120 Å². The molecule has 2 aliphatic rings. The molecule has 0 aromatic heterocycles. The second-order valence-electron chi connectivity index (χ2n) is 5.46. The Morgan fingerprint density at radius 3 is 2.89 bits per heavy atom. The highest BCUT2D eigenvalue weighted by atomic mass is 32.2. The average Bonchev–Trinajstić information content (AvgIpc) is 2.97. The van der Waals surface area contributed by atoms with Gasteiger partial charge in [-0.15, -0.1) is 11.8 Å². The Balaban J connectivity index is 1.45. The molecule has 0 spiro atoms. The highest BCUT2D eigenvalue weighted by Gasteiger charge is 2.20. The molecule has 1 saturated carbocycles. The molecule has 0 radical (unpaired) electrons. The van der Waals surface area contributed by atoms with Crippen molar-refractivity contribution in [2.24, 2.45) is 0 Å². The van der Waals surface area contributed by atoms with Crippen molar-refractivity contribution in [1.82, 2.24) is 5.32 Å². The van der Waals surface area contributed by atoms with E-state index < -0.39 is 0 Å². The summed E-state index contributed by atoms with van der Waals surface area (Å²) in [6.07, 6.45) is 7.00. The summed E-state index contributed by atoms with van der Waals surface area (Å²) in [5.74, 6) is 1.22. The van der Waals surface area contributed by atoms with E-state index in [4.69, 9.17) is 4.74 Å². The first-order chi connectivity index (χ1) is 9.43. The number of ether oxygens (including phenoxy) is 1. The van der Waals surface area contributed by atoms with Crippen molar-refractivity contribution in [3.63, 3.8) is 0 Å². The summed E-state index contributed by atoms with van der Waals surface area (Å²) in [5, 5.41) is 3.66. The molecule has 0 bridgehead atoms.